The third-order valence-corrected chi connectivity index (χ3v) is 5.12. The van der Waals surface area contributed by atoms with Crippen LogP contribution in [0.2, 0.25) is 0 Å². The van der Waals surface area contributed by atoms with Crippen LogP contribution in [0, 0.1) is 11.7 Å². The third kappa shape index (κ3) is 4.18. The molecule has 1 atom stereocenters. The topological polar surface area (TPSA) is 52.7 Å². The maximum Gasteiger partial charge on any atom is 0.238 e. The summed E-state index contributed by atoms with van der Waals surface area (Å²) in [4.78, 5) is 27.9. The first kappa shape index (κ1) is 17.5. The van der Waals surface area contributed by atoms with Gasteiger partial charge in [-0.3, -0.25) is 14.5 Å². The fourth-order valence-electron chi connectivity index (χ4n) is 2.80. The predicted molar refractivity (Wildman–Crippen MR) is 90.6 cm³/mol. The van der Waals surface area contributed by atoms with E-state index in [0.29, 0.717) is 38.3 Å². The van der Waals surface area contributed by atoms with E-state index in [1.807, 2.05) is 4.90 Å². The molecule has 2 fully saturated rings. The van der Waals surface area contributed by atoms with Crippen LogP contribution >= 0.6 is 23.2 Å². The number of anilines is 1. The Balaban J connectivity index is 1.44. The third-order valence-electron chi connectivity index (χ3n) is 4.28. The number of amides is 2. The summed E-state index contributed by atoms with van der Waals surface area (Å²) in [5.74, 6) is -0.912. The van der Waals surface area contributed by atoms with Gasteiger partial charge in [-0.15, -0.1) is 23.2 Å². The summed E-state index contributed by atoms with van der Waals surface area (Å²) in [6, 6.07) is 5.77. The van der Waals surface area contributed by atoms with Crippen molar-refractivity contribution < 1.29 is 14.0 Å². The molecule has 0 unspecified atom stereocenters. The highest BCUT2D eigenvalue weighted by atomic mass is 35.5. The van der Waals surface area contributed by atoms with Gasteiger partial charge in [0.05, 0.1) is 12.5 Å². The van der Waals surface area contributed by atoms with Gasteiger partial charge >= 0.3 is 0 Å². The molecule has 0 aromatic heterocycles. The lowest BCUT2D eigenvalue weighted by Crippen LogP contribution is -2.51. The van der Waals surface area contributed by atoms with Crippen molar-refractivity contribution in [3.05, 3.63) is 30.1 Å². The zero-order chi connectivity index (χ0) is 17.3. The van der Waals surface area contributed by atoms with E-state index in [1.165, 1.54) is 12.1 Å². The molecule has 8 heteroatoms. The van der Waals surface area contributed by atoms with Crippen molar-refractivity contribution in [2.75, 3.05) is 38.0 Å². The average molecular weight is 374 g/mol. The van der Waals surface area contributed by atoms with Crippen LogP contribution in [0.25, 0.3) is 0 Å². The van der Waals surface area contributed by atoms with Gasteiger partial charge in [0, 0.05) is 31.9 Å². The van der Waals surface area contributed by atoms with Gasteiger partial charge in [-0.1, -0.05) is 6.07 Å². The Labute approximate surface area is 149 Å². The Kier molecular flexibility index (Phi) is 4.99. The lowest BCUT2D eigenvalue weighted by Gasteiger charge is -2.34. The second kappa shape index (κ2) is 6.86. The van der Waals surface area contributed by atoms with E-state index in [-0.39, 0.29) is 24.3 Å². The molecular formula is C16H18Cl2FN3O2. The van der Waals surface area contributed by atoms with E-state index in [9.17, 15) is 14.0 Å². The quantitative estimate of drug-likeness (QED) is 0.822. The van der Waals surface area contributed by atoms with E-state index in [4.69, 9.17) is 23.2 Å². The van der Waals surface area contributed by atoms with Gasteiger partial charge in [-0.25, -0.2) is 4.39 Å². The molecule has 1 saturated heterocycles. The number of rotatable bonds is 4. The van der Waals surface area contributed by atoms with Crippen molar-refractivity contribution in [2.24, 2.45) is 5.92 Å². The van der Waals surface area contributed by atoms with E-state index in [0.717, 1.165) is 0 Å². The van der Waals surface area contributed by atoms with Crippen molar-refractivity contribution in [2.45, 2.75) is 10.8 Å². The lowest BCUT2D eigenvalue weighted by molar-refractivity contribution is -0.134. The van der Waals surface area contributed by atoms with E-state index >= 15 is 0 Å². The van der Waals surface area contributed by atoms with Gasteiger partial charge in [0.25, 0.3) is 0 Å². The average Bonchev–Trinajstić information content (AvgIpc) is 3.16. The minimum Gasteiger partial charge on any atom is -0.340 e. The number of benzene rings is 1. The Hall–Kier alpha value is -1.37. The number of halogens is 3. The normalized spacial score (nSPS) is 23.0. The number of alkyl halides is 2. The summed E-state index contributed by atoms with van der Waals surface area (Å²) in [6.45, 7) is 2.51. The van der Waals surface area contributed by atoms with Gasteiger partial charge in [0.2, 0.25) is 11.8 Å². The molecule has 1 aromatic rings. The Morgan fingerprint density at radius 1 is 1.25 bits per heavy atom. The molecule has 0 radical (unpaired) electrons. The SMILES string of the molecule is O=C(CN1CCN(C(=O)[C@H]2CC2(Cl)Cl)CC1)Nc1cccc(F)c1. The van der Waals surface area contributed by atoms with Crippen molar-refractivity contribution in [3.8, 4) is 0 Å². The molecule has 1 saturated carbocycles. The lowest BCUT2D eigenvalue weighted by atomic mass is 10.2. The highest BCUT2D eigenvalue weighted by molar-refractivity contribution is 6.52. The molecule has 1 heterocycles. The Morgan fingerprint density at radius 3 is 2.50 bits per heavy atom. The fraction of sp³-hybridized carbons (Fsp3) is 0.500. The summed E-state index contributed by atoms with van der Waals surface area (Å²) in [7, 11) is 0. The summed E-state index contributed by atoms with van der Waals surface area (Å²) in [5.41, 5.74) is 0.433. The number of nitrogens with zero attached hydrogens (tertiary/aromatic N) is 2. The van der Waals surface area contributed by atoms with Crippen LogP contribution in [-0.4, -0.2) is 58.7 Å². The highest BCUT2D eigenvalue weighted by Gasteiger charge is 2.57. The number of piperazine rings is 1. The molecule has 5 nitrogen and oxygen atoms in total. The van der Waals surface area contributed by atoms with Crippen molar-refractivity contribution in [1.29, 1.82) is 0 Å². The molecule has 0 spiro atoms. The van der Waals surface area contributed by atoms with Gasteiger partial charge in [-0.05, 0) is 24.6 Å². The first-order valence-electron chi connectivity index (χ1n) is 7.79. The molecule has 1 aliphatic carbocycles. The molecule has 1 aromatic carbocycles. The van der Waals surface area contributed by atoms with Crippen LogP contribution in [0.1, 0.15) is 6.42 Å². The number of hydrogen-bond donors (Lipinski definition) is 1. The first-order valence-corrected chi connectivity index (χ1v) is 8.55. The summed E-state index contributed by atoms with van der Waals surface area (Å²) in [5, 5.41) is 2.67. The smallest absolute Gasteiger partial charge is 0.238 e. The van der Waals surface area contributed by atoms with Crippen LogP contribution in [0.15, 0.2) is 24.3 Å². The molecule has 130 valence electrons. The molecule has 1 N–H and O–H groups in total. The van der Waals surface area contributed by atoms with Crippen LogP contribution in [0.5, 0.6) is 0 Å². The van der Waals surface area contributed by atoms with Gasteiger partial charge in [-0.2, -0.15) is 0 Å². The Bertz CT molecular complexity index is 648. The van der Waals surface area contributed by atoms with Crippen LogP contribution < -0.4 is 5.32 Å². The van der Waals surface area contributed by atoms with Gasteiger partial charge in [0.15, 0.2) is 0 Å². The Morgan fingerprint density at radius 2 is 1.92 bits per heavy atom. The molecule has 24 heavy (non-hydrogen) atoms. The summed E-state index contributed by atoms with van der Waals surface area (Å²) >= 11 is 11.9. The van der Waals surface area contributed by atoms with E-state index in [2.05, 4.69) is 5.32 Å². The zero-order valence-electron chi connectivity index (χ0n) is 13.0. The number of hydrogen-bond acceptors (Lipinski definition) is 3. The molecule has 2 aliphatic rings. The predicted octanol–water partition coefficient (Wildman–Crippen LogP) is 2.10. The summed E-state index contributed by atoms with van der Waals surface area (Å²) in [6.07, 6.45) is 0.505. The van der Waals surface area contributed by atoms with Crippen LogP contribution in [0.4, 0.5) is 10.1 Å². The van der Waals surface area contributed by atoms with Crippen LogP contribution in [0.3, 0.4) is 0 Å². The fourth-order valence-corrected chi connectivity index (χ4v) is 3.29. The second-order valence-electron chi connectivity index (χ2n) is 6.18. The van der Waals surface area contributed by atoms with E-state index < -0.39 is 10.2 Å². The molecule has 1 aliphatic heterocycles. The zero-order valence-corrected chi connectivity index (χ0v) is 14.5. The maximum atomic E-state index is 13.1. The van der Waals surface area contributed by atoms with Gasteiger partial charge in [0.1, 0.15) is 10.2 Å². The standard InChI is InChI=1S/C16H18Cl2FN3O2/c17-16(18)9-13(16)15(24)22-6-4-21(5-7-22)10-14(23)20-12-3-1-2-11(19)8-12/h1-3,8,13H,4-7,9-10H2,(H,20,23)/t13-/m1/s1. The minimum atomic E-state index is -0.904. The maximum absolute atomic E-state index is 13.1. The van der Waals surface area contributed by atoms with Crippen molar-refractivity contribution in [3.63, 3.8) is 0 Å². The molecule has 2 amide bonds. The number of carbonyl (C=O) groups is 2. The highest BCUT2D eigenvalue weighted by Crippen LogP contribution is 2.53. The number of nitrogens with one attached hydrogen (secondary N) is 1. The van der Waals surface area contributed by atoms with Crippen molar-refractivity contribution in [1.82, 2.24) is 9.80 Å². The monoisotopic (exact) mass is 373 g/mol. The second-order valence-corrected chi connectivity index (χ2v) is 7.72. The first-order chi connectivity index (χ1) is 11.3. The van der Waals surface area contributed by atoms with Crippen molar-refractivity contribution >= 4 is 40.7 Å². The molecular weight excluding hydrogens is 356 g/mol. The largest absolute Gasteiger partial charge is 0.340 e. The minimum absolute atomic E-state index is 0.0103. The molecule has 3 rings (SSSR count). The molecule has 0 bridgehead atoms. The number of carbonyl (C=O) groups excluding carboxylic acids is 2. The van der Waals surface area contributed by atoms with Gasteiger partial charge < -0.3 is 10.2 Å². The van der Waals surface area contributed by atoms with E-state index in [1.54, 1.807) is 17.0 Å². The summed E-state index contributed by atoms with van der Waals surface area (Å²) < 4.78 is 12.2. The van der Waals surface area contributed by atoms with Crippen LogP contribution in [-0.2, 0) is 9.59 Å².